The molecule has 5 rings (SSSR count). The number of aromatic nitrogens is 3. The standard InChI is InChI=1S/C24H27ClN6O2S/c25-19-5-4-8-21(17-19)28-9-11-29(12-10-28)22(32)18-34-24-27-26-23(30-13-15-33-16-14-30)31(24)20-6-2-1-3-7-20/h1-8,17H,9-16,18H2. The molecule has 2 aliphatic heterocycles. The van der Waals surface area contributed by atoms with Crippen LogP contribution in [-0.2, 0) is 9.53 Å². The first kappa shape index (κ1) is 23.0. The predicted octanol–water partition coefficient (Wildman–Crippen LogP) is 3.20. The van der Waals surface area contributed by atoms with Crippen LogP contribution in [0.25, 0.3) is 5.69 Å². The molecule has 0 aliphatic carbocycles. The zero-order valence-electron chi connectivity index (χ0n) is 18.8. The van der Waals surface area contributed by atoms with Gasteiger partial charge in [0.1, 0.15) is 0 Å². The molecule has 2 saturated heterocycles. The fourth-order valence-corrected chi connectivity index (χ4v) is 5.27. The van der Waals surface area contributed by atoms with E-state index < -0.39 is 0 Å². The number of ether oxygens (including phenoxy) is 1. The minimum Gasteiger partial charge on any atom is -0.378 e. The van der Waals surface area contributed by atoms with Crippen molar-refractivity contribution in [1.29, 1.82) is 0 Å². The second-order valence-electron chi connectivity index (χ2n) is 8.19. The number of carbonyl (C=O) groups is 1. The Bertz CT molecular complexity index is 1110. The molecular formula is C24H27ClN6O2S. The van der Waals surface area contributed by atoms with Gasteiger partial charge in [0.25, 0.3) is 0 Å². The molecule has 1 amide bonds. The van der Waals surface area contributed by atoms with Gasteiger partial charge in [-0.3, -0.25) is 9.36 Å². The number of halogens is 1. The van der Waals surface area contributed by atoms with Gasteiger partial charge in [-0.25, -0.2) is 0 Å². The molecule has 178 valence electrons. The van der Waals surface area contributed by atoms with Crippen molar-refractivity contribution in [1.82, 2.24) is 19.7 Å². The van der Waals surface area contributed by atoms with Gasteiger partial charge in [-0.2, -0.15) is 0 Å². The number of amides is 1. The van der Waals surface area contributed by atoms with Crippen molar-refractivity contribution in [2.24, 2.45) is 0 Å². The Labute approximate surface area is 208 Å². The average Bonchev–Trinajstić information content (AvgIpc) is 3.32. The Morgan fingerprint density at radius 3 is 2.35 bits per heavy atom. The molecule has 0 spiro atoms. The van der Waals surface area contributed by atoms with E-state index in [9.17, 15) is 4.79 Å². The molecule has 2 aliphatic rings. The zero-order chi connectivity index (χ0) is 23.3. The molecular weight excluding hydrogens is 472 g/mol. The summed E-state index contributed by atoms with van der Waals surface area (Å²) < 4.78 is 7.54. The monoisotopic (exact) mass is 498 g/mol. The van der Waals surface area contributed by atoms with Crippen molar-refractivity contribution in [3.8, 4) is 5.69 Å². The molecule has 0 N–H and O–H groups in total. The van der Waals surface area contributed by atoms with Crippen molar-refractivity contribution in [2.75, 3.05) is 68.0 Å². The molecule has 0 unspecified atom stereocenters. The van der Waals surface area contributed by atoms with Crippen molar-refractivity contribution in [3.63, 3.8) is 0 Å². The maximum atomic E-state index is 13.0. The SMILES string of the molecule is O=C(CSc1nnc(N2CCOCC2)n1-c1ccccc1)N1CCN(c2cccc(Cl)c2)CC1. The van der Waals surface area contributed by atoms with Gasteiger partial charge in [-0.05, 0) is 30.3 Å². The summed E-state index contributed by atoms with van der Waals surface area (Å²) in [4.78, 5) is 19.4. The van der Waals surface area contributed by atoms with E-state index in [0.717, 1.165) is 53.7 Å². The van der Waals surface area contributed by atoms with E-state index in [-0.39, 0.29) is 5.91 Å². The van der Waals surface area contributed by atoms with Crippen LogP contribution in [0, 0.1) is 0 Å². The Morgan fingerprint density at radius 2 is 1.62 bits per heavy atom. The maximum absolute atomic E-state index is 13.0. The van der Waals surface area contributed by atoms with Crippen LogP contribution in [0.2, 0.25) is 5.02 Å². The molecule has 0 bridgehead atoms. The summed E-state index contributed by atoms with van der Waals surface area (Å²) >= 11 is 7.57. The van der Waals surface area contributed by atoms with E-state index in [2.05, 4.69) is 26.1 Å². The lowest BCUT2D eigenvalue weighted by Crippen LogP contribution is -2.49. The fourth-order valence-electron chi connectivity index (χ4n) is 4.23. The van der Waals surface area contributed by atoms with Crippen LogP contribution in [0.4, 0.5) is 11.6 Å². The first-order chi connectivity index (χ1) is 16.7. The van der Waals surface area contributed by atoms with Gasteiger partial charge >= 0.3 is 0 Å². The normalized spacial score (nSPS) is 16.7. The molecule has 34 heavy (non-hydrogen) atoms. The first-order valence-electron chi connectivity index (χ1n) is 11.4. The van der Waals surface area contributed by atoms with E-state index in [4.69, 9.17) is 16.3 Å². The van der Waals surface area contributed by atoms with E-state index in [0.29, 0.717) is 32.1 Å². The van der Waals surface area contributed by atoms with Gasteiger partial charge in [0.15, 0.2) is 5.16 Å². The predicted molar refractivity (Wildman–Crippen MR) is 135 cm³/mol. The largest absolute Gasteiger partial charge is 0.378 e. The summed E-state index contributed by atoms with van der Waals surface area (Å²) in [5.74, 6) is 1.23. The van der Waals surface area contributed by atoms with Crippen LogP contribution in [-0.4, -0.2) is 83.8 Å². The van der Waals surface area contributed by atoms with Crippen molar-refractivity contribution in [3.05, 3.63) is 59.6 Å². The number of anilines is 2. The lowest BCUT2D eigenvalue weighted by molar-refractivity contribution is -0.128. The van der Waals surface area contributed by atoms with Gasteiger partial charge in [-0.1, -0.05) is 47.6 Å². The molecule has 0 radical (unpaired) electrons. The summed E-state index contributed by atoms with van der Waals surface area (Å²) in [6, 6.07) is 17.9. The lowest BCUT2D eigenvalue weighted by atomic mass is 10.2. The lowest BCUT2D eigenvalue weighted by Gasteiger charge is -2.36. The minimum atomic E-state index is 0.117. The fraction of sp³-hybridized carbons (Fsp3) is 0.375. The first-order valence-corrected chi connectivity index (χ1v) is 12.8. The molecule has 3 aromatic rings. The highest BCUT2D eigenvalue weighted by atomic mass is 35.5. The topological polar surface area (TPSA) is 66.7 Å². The Hall–Kier alpha value is -2.75. The summed E-state index contributed by atoms with van der Waals surface area (Å²) in [7, 11) is 0. The Kier molecular flexibility index (Phi) is 7.22. The van der Waals surface area contributed by atoms with Gasteiger partial charge < -0.3 is 19.4 Å². The van der Waals surface area contributed by atoms with Crippen molar-refractivity contribution < 1.29 is 9.53 Å². The Morgan fingerprint density at radius 1 is 0.882 bits per heavy atom. The van der Waals surface area contributed by atoms with Crippen LogP contribution in [0.1, 0.15) is 0 Å². The highest BCUT2D eigenvalue weighted by Gasteiger charge is 2.25. The quantitative estimate of drug-likeness (QED) is 0.483. The summed E-state index contributed by atoms with van der Waals surface area (Å²) in [5.41, 5.74) is 2.08. The maximum Gasteiger partial charge on any atom is 0.233 e. The number of hydrogen-bond donors (Lipinski definition) is 0. The van der Waals surface area contributed by atoms with Crippen LogP contribution in [0.15, 0.2) is 59.8 Å². The molecule has 0 saturated carbocycles. The van der Waals surface area contributed by atoms with Gasteiger partial charge in [0.05, 0.1) is 24.7 Å². The summed E-state index contributed by atoms with van der Waals surface area (Å²) in [5, 5.41) is 10.4. The number of nitrogens with zero attached hydrogens (tertiary/aromatic N) is 6. The van der Waals surface area contributed by atoms with E-state index in [1.54, 1.807) is 0 Å². The highest BCUT2D eigenvalue weighted by molar-refractivity contribution is 7.99. The molecule has 2 aromatic carbocycles. The molecule has 0 atom stereocenters. The second-order valence-corrected chi connectivity index (χ2v) is 9.57. The number of carbonyl (C=O) groups excluding carboxylic acids is 1. The van der Waals surface area contributed by atoms with Crippen LogP contribution in [0.5, 0.6) is 0 Å². The van der Waals surface area contributed by atoms with Crippen molar-refractivity contribution >= 4 is 40.9 Å². The molecule has 10 heteroatoms. The van der Waals surface area contributed by atoms with E-state index in [1.165, 1.54) is 11.8 Å². The van der Waals surface area contributed by atoms with E-state index in [1.807, 2.05) is 58.0 Å². The number of benzene rings is 2. The van der Waals surface area contributed by atoms with E-state index >= 15 is 0 Å². The smallest absolute Gasteiger partial charge is 0.233 e. The average molecular weight is 499 g/mol. The third kappa shape index (κ3) is 5.16. The third-order valence-corrected chi connectivity index (χ3v) is 7.20. The number of rotatable bonds is 6. The summed E-state index contributed by atoms with van der Waals surface area (Å²) in [6.07, 6.45) is 0. The molecule has 2 fully saturated rings. The molecule has 3 heterocycles. The van der Waals surface area contributed by atoms with Crippen molar-refractivity contribution in [2.45, 2.75) is 5.16 Å². The molecule has 8 nitrogen and oxygen atoms in total. The van der Waals surface area contributed by atoms with Gasteiger partial charge in [-0.15, -0.1) is 10.2 Å². The third-order valence-electron chi connectivity index (χ3n) is 6.06. The highest BCUT2D eigenvalue weighted by Crippen LogP contribution is 2.28. The van der Waals surface area contributed by atoms with Crippen LogP contribution >= 0.6 is 23.4 Å². The van der Waals surface area contributed by atoms with Gasteiger partial charge in [0.2, 0.25) is 11.9 Å². The van der Waals surface area contributed by atoms with Gasteiger partial charge in [0, 0.05) is 50.0 Å². The van der Waals surface area contributed by atoms with Crippen LogP contribution in [0.3, 0.4) is 0 Å². The summed E-state index contributed by atoms with van der Waals surface area (Å²) in [6.45, 7) is 5.84. The second kappa shape index (κ2) is 10.7. The zero-order valence-corrected chi connectivity index (χ0v) is 20.4. The Balaban J connectivity index is 1.24. The number of morpholine rings is 1. The minimum absolute atomic E-state index is 0.117. The number of hydrogen-bond acceptors (Lipinski definition) is 7. The molecule has 1 aromatic heterocycles. The number of piperazine rings is 1. The number of para-hydroxylation sites is 1. The number of thioether (sulfide) groups is 1. The van der Waals surface area contributed by atoms with Crippen LogP contribution < -0.4 is 9.80 Å².